The van der Waals surface area contributed by atoms with E-state index in [0.29, 0.717) is 5.25 Å². The highest BCUT2D eigenvalue weighted by molar-refractivity contribution is 7.99. The lowest BCUT2D eigenvalue weighted by atomic mass is 10.1. The van der Waals surface area contributed by atoms with Gasteiger partial charge in [0.15, 0.2) is 0 Å². The van der Waals surface area contributed by atoms with E-state index >= 15 is 0 Å². The molecule has 1 aromatic heterocycles. The molecule has 0 amide bonds. The van der Waals surface area contributed by atoms with Crippen molar-refractivity contribution in [1.82, 2.24) is 10.3 Å². The molecule has 17 heavy (non-hydrogen) atoms. The van der Waals surface area contributed by atoms with E-state index in [4.69, 9.17) is 0 Å². The monoisotopic (exact) mass is 256 g/mol. The standard InChI is InChI=1S/C13H21FN2S/c1-4-6-16-13(9-17-10(2)3)11-5-7-15-8-12(11)14/h5,7-8,10,13,16H,4,6,9H2,1-3H3. The molecule has 0 aliphatic heterocycles. The van der Waals surface area contributed by atoms with Gasteiger partial charge in [-0.15, -0.1) is 0 Å². The lowest BCUT2D eigenvalue weighted by Gasteiger charge is -2.20. The molecule has 0 saturated heterocycles. The van der Waals surface area contributed by atoms with E-state index in [2.05, 4.69) is 31.1 Å². The van der Waals surface area contributed by atoms with Crippen LogP contribution in [0.5, 0.6) is 0 Å². The Morgan fingerprint density at radius 3 is 2.82 bits per heavy atom. The van der Waals surface area contributed by atoms with Gasteiger partial charge in [-0.05, 0) is 24.3 Å². The third-order valence-electron chi connectivity index (χ3n) is 2.42. The molecule has 1 N–H and O–H groups in total. The summed E-state index contributed by atoms with van der Waals surface area (Å²) in [5, 5.41) is 3.95. The van der Waals surface area contributed by atoms with Crippen molar-refractivity contribution in [3.63, 3.8) is 0 Å². The normalized spacial score (nSPS) is 13.0. The van der Waals surface area contributed by atoms with Crippen molar-refractivity contribution in [2.75, 3.05) is 12.3 Å². The van der Waals surface area contributed by atoms with Crippen LogP contribution < -0.4 is 5.32 Å². The number of nitrogens with one attached hydrogen (secondary N) is 1. The van der Waals surface area contributed by atoms with E-state index in [1.165, 1.54) is 6.20 Å². The Kier molecular flexibility index (Phi) is 6.52. The maximum atomic E-state index is 13.7. The van der Waals surface area contributed by atoms with Crippen LogP contribution in [-0.4, -0.2) is 22.5 Å². The number of halogens is 1. The van der Waals surface area contributed by atoms with Crippen LogP contribution in [0, 0.1) is 5.82 Å². The van der Waals surface area contributed by atoms with Crippen molar-refractivity contribution in [2.24, 2.45) is 0 Å². The predicted molar refractivity (Wildman–Crippen MR) is 72.8 cm³/mol. The Bertz CT molecular complexity index is 331. The highest BCUT2D eigenvalue weighted by Gasteiger charge is 2.15. The van der Waals surface area contributed by atoms with Crippen molar-refractivity contribution in [3.8, 4) is 0 Å². The minimum atomic E-state index is -0.217. The number of aromatic nitrogens is 1. The van der Waals surface area contributed by atoms with E-state index in [0.717, 1.165) is 24.3 Å². The zero-order chi connectivity index (χ0) is 12.7. The zero-order valence-electron chi connectivity index (χ0n) is 10.7. The number of hydrogen-bond acceptors (Lipinski definition) is 3. The highest BCUT2D eigenvalue weighted by atomic mass is 32.2. The average Bonchev–Trinajstić information content (AvgIpc) is 2.30. The van der Waals surface area contributed by atoms with E-state index < -0.39 is 0 Å². The zero-order valence-corrected chi connectivity index (χ0v) is 11.6. The van der Waals surface area contributed by atoms with Gasteiger partial charge in [0, 0.05) is 23.6 Å². The molecule has 0 saturated carbocycles. The van der Waals surface area contributed by atoms with Gasteiger partial charge in [0.25, 0.3) is 0 Å². The van der Waals surface area contributed by atoms with Gasteiger partial charge >= 0.3 is 0 Å². The first-order chi connectivity index (χ1) is 8.15. The molecule has 1 atom stereocenters. The van der Waals surface area contributed by atoms with Crippen LogP contribution in [-0.2, 0) is 0 Å². The molecule has 96 valence electrons. The lowest BCUT2D eigenvalue weighted by Crippen LogP contribution is -2.25. The number of rotatable bonds is 7. The first kappa shape index (κ1) is 14.5. The van der Waals surface area contributed by atoms with E-state index in [9.17, 15) is 4.39 Å². The first-order valence-electron chi connectivity index (χ1n) is 6.09. The summed E-state index contributed by atoms with van der Waals surface area (Å²) in [6, 6.07) is 1.84. The number of nitrogens with zero attached hydrogens (tertiary/aromatic N) is 1. The fraction of sp³-hybridized carbons (Fsp3) is 0.615. The quantitative estimate of drug-likeness (QED) is 0.809. The van der Waals surface area contributed by atoms with Crippen molar-refractivity contribution in [2.45, 2.75) is 38.5 Å². The largest absolute Gasteiger partial charge is 0.309 e. The van der Waals surface area contributed by atoms with Crippen LogP contribution >= 0.6 is 11.8 Å². The maximum absolute atomic E-state index is 13.7. The Morgan fingerprint density at radius 2 is 2.24 bits per heavy atom. The van der Waals surface area contributed by atoms with Crippen LogP contribution in [0.15, 0.2) is 18.5 Å². The smallest absolute Gasteiger partial charge is 0.146 e. The van der Waals surface area contributed by atoms with Gasteiger partial charge in [-0.1, -0.05) is 20.8 Å². The number of pyridine rings is 1. The maximum Gasteiger partial charge on any atom is 0.146 e. The molecular weight excluding hydrogens is 235 g/mol. The van der Waals surface area contributed by atoms with Gasteiger partial charge in [0.2, 0.25) is 0 Å². The summed E-state index contributed by atoms with van der Waals surface area (Å²) in [4.78, 5) is 3.79. The summed E-state index contributed by atoms with van der Waals surface area (Å²) in [6.07, 6.45) is 3.99. The Labute approximate surface area is 107 Å². The van der Waals surface area contributed by atoms with E-state index in [1.54, 1.807) is 12.3 Å². The van der Waals surface area contributed by atoms with Crippen LogP contribution in [0.2, 0.25) is 0 Å². The Morgan fingerprint density at radius 1 is 1.47 bits per heavy atom. The van der Waals surface area contributed by atoms with Crippen LogP contribution in [0.25, 0.3) is 0 Å². The van der Waals surface area contributed by atoms with E-state index in [-0.39, 0.29) is 11.9 Å². The molecule has 1 rings (SSSR count). The minimum Gasteiger partial charge on any atom is -0.309 e. The molecule has 0 aliphatic rings. The van der Waals surface area contributed by atoms with Gasteiger partial charge < -0.3 is 5.32 Å². The molecule has 0 radical (unpaired) electrons. The van der Waals surface area contributed by atoms with Gasteiger partial charge in [-0.2, -0.15) is 11.8 Å². The topological polar surface area (TPSA) is 24.9 Å². The van der Waals surface area contributed by atoms with E-state index in [1.807, 2.05) is 11.8 Å². The van der Waals surface area contributed by atoms with Crippen molar-refractivity contribution in [1.29, 1.82) is 0 Å². The second-order valence-corrected chi connectivity index (χ2v) is 5.90. The highest BCUT2D eigenvalue weighted by Crippen LogP contribution is 2.22. The lowest BCUT2D eigenvalue weighted by molar-refractivity contribution is 0.529. The average molecular weight is 256 g/mol. The molecule has 0 spiro atoms. The molecule has 0 fully saturated rings. The van der Waals surface area contributed by atoms with Gasteiger partial charge in [-0.3, -0.25) is 4.98 Å². The molecule has 2 nitrogen and oxygen atoms in total. The summed E-state index contributed by atoms with van der Waals surface area (Å²) in [7, 11) is 0. The molecule has 0 bridgehead atoms. The number of thioether (sulfide) groups is 1. The first-order valence-corrected chi connectivity index (χ1v) is 7.14. The fourth-order valence-electron chi connectivity index (χ4n) is 1.53. The Balaban J connectivity index is 2.71. The summed E-state index contributed by atoms with van der Waals surface area (Å²) in [5.74, 6) is 0.670. The summed E-state index contributed by atoms with van der Waals surface area (Å²) in [6.45, 7) is 7.34. The predicted octanol–water partition coefficient (Wildman–Crippen LogP) is 3.40. The second kappa shape index (κ2) is 7.67. The van der Waals surface area contributed by atoms with Crippen molar-refractivity contribution < 1.29 is 4.39 Å². The second-order valence-electron chi connectivity index (χ2n) is 4.29. The summed E-state index contributed by atoms with van der Waals surface area (Å²) >= 11 is 1.84. The van der Waals surface area contributed by atoms with Crippen molar-refractivity contribution >= 4 is 11.8 Å². The minimum absolute atomic E-state index is 0.0744. The van der Waals surface area contributed by atoms with Crippen LogP contribution in [0.3, 0.4) is 0 Å². The molecule has 4 heteroatoms. The van der Waals surface area contributed by atoms with Gasteiger partial charge in [0.1, 0.15) is 5.82 Å². The Hall–Kier alpha value is -0.610. The molecular formula is C13H21FN2S. The number of hydrogen-bond donors (Lipinski definition) is 1. The third-order valence-corrected chi connectivity index (χ3v) is 3.61. The van der Waals surface area contributed by atoms with Gasteiger partial charge in [-0.25, -0.2) is 4.39 Å². The SMILES string of the molecule is CCCNC(CSC(C)C)c1ccncc1F. The molecule has 0 aromatic carbocycles. The van der Waals surface area contributed by atoms with Crippen LogP contribution in [0.4, 0.5) is 4.39 Å². The molecule has 0 aliphatic carbocycles. The molecule has 1 unspecified atom stereocenters. The third kappa shape index (κ3) is 5.04. The summed E-state index contributed by atoms with van der Waals surface area (Å²) in [5.41, 5.74) is 0.724. The molecule has 1 aromatic rings. The summed E-state index contributed by atoms with van der Waals surface area (Å²) < 4.78 is 13.7. The van der Waals surface area contributed by atoms with Gasteiger partial charge in [0.05, 0.1) is 6.20 Å². The van der Waals surface area contributed by atoms with Crippen molar-refractivity contribution in [3.05, 3.63) is 29.8 Å². The van der Waals surface area contributed by atoms with Crippen LogP contribution in [0.1, 0.15) is 38.8 Å². The molecule has 1 heterocycles. The fourth-order valence-corrected chi connectivity index (χ4v) is 2.41.